The van der Waals surface area contributed by atoms with Crippen LogP contribution in [0.15, 0.2) is 29.2 Å². The van der Waals surface area contributed by atoms with Crippen molar-refractivity contribution in [2.45, 2.75) is 24.7 Å². The second-order valence-corrected chi connectivity index (χ2v) is 7.92. The molecule has 0 radical (unpaired) electrons. The minimum Gasteiger partial charge on any atom is -0.384 e. The Morgan fingerprint density at radius 1 is 1.23 bits per heavy atom. The van der Waals surface area contributed by atoms with Gasteiger partial charge in [0.25, 0.3) is 5.91 Å². The molecule has 0 bridgehead atoms. The first-order valence-corrected chi connectivity index (χ1v) is 9.20. The zero-order chi connectivity index (χ0) is 16.2. The second kappa shape index (κ2) is 7.24. The summed E-state index contributed by atoms with van der Waals surface area (Å²) in [6, 6.07) is 6.20. The van der Waals surface area contributed by atoms with Crippen molar-refractivity contribution in [3.8, 4) is 0 Å². The molecule has 0 aromatic heterocycles. The van der Waals surface area contributed by atoms with Gasteiger partial charge in [-0.25, -0.2) is 8.42 Å². The van der Waals surface area contributed by atoms with Crippen molar-refractivity contribution >= 4 is 15.7 Å². The monoisotopic (exact) mass is 325 g/mol. The van der Waals surface area contributed by atoms with Crippen LogP contribution in [0, 0.1) is 5.92 Å². The SMILES string of the molecule is COCCS(=O)(=O)c1ccc(C(=O)N2CCC(C)CC2)cc1. The molecule has 1 aromatic carbocycles. The first kappa shape index (κ1) is 17.0. The van der Waals surface area contributed by atoms with Gasteiger partial charge in [-0.05, 0) is 43.0 Å². The van der Waals surface area contributed by atoms with Crippen molar-refractivity contribution in [2.75, 3.05) is 32.6 Å². The summed E-state index contributed by atoms with van der Waals surface area (Å²) in [7, 11) is -1.88. The molecule has 0 N–H and O–H groups in total. The maximum Gasteiger partial charge on any atom is 0.253 e. The number of sulfone groups is 1. The molecule has 122 valence electrons. The largest absolute Gasteiger partial charge is 0.384 e. The van der Waals surface area contributed by atoms with Crippen LogP contribution in [-0.2, 0) is 14.6 Å². The van der Waals surface area contributed by atoms with E-state index in [1.165, 1.54) is 19.2 Å². The minimum absolute atomic E-state index is 0.0206. The number of ether oxygens (including phenoxy) is 1. The van der Waals surface area contributed by atoms with Crippen molar-refractivity contribution in [2.24, 2.45) is 5.92 Å². The standard InChI is InChI=1S/C16H23NO4S/c1-13-7-9-17(10-8-13)16(18)14-3-5-15(6-4-14)22(19,20)12-11-21-2/h3-6,13H,7-12H2,1-2H3. The highest BCUT2D eigenvalue weighted by Crippen LogP contribution is 2.19. The third-order valence-electron chi connectivity index (χ3n) is 4.09. The van der Waals surface area contributed by atoms with E-state index in [2.05, 4.69) is 6.92 Å². The van der Waals surface area contributed by atoms with Crippen molar-refractivity contribution < 1.29 is 17.9 Å². The van der Waals surface area contributed by atoms with E-state index in [-0.39, 0.29) is 23.2 Å². The predicted molar refractivity (Wildman–Crippen MR) is 84.7 cm³/mol. The number of likely N-dealkylation sites (tertiary alicyclic amines) is 1. The number of hydrogen-bond acceptors (Lipinski definition) is 4. The predicted octanol–water partition coefficient (Wildman–Crippen LogP) is 1.98. The molecular weight excluding hydrogens is 302 g/mol. The molecular formula is C16H23NO4S. The summed E-state index contributed by atoms with van der Waals surface area (Å²) in [6.07, 6.45) is 2.05. The Bertz CT molecular complexity index is 602. The number of carbonyl (C=O) groups excluding carboxylic acids is 1. The van der Waals surface area contributed by atoms with Gasteiger partial charge in [0.05, 0.1) is 17.3 Å². The molecule has 0 aliphatic carbocycles. The van der Waals surface area contributed by atoms with E-state index in [1.807, 2.05) is 4.90 Å². The number of hydrogen-bond donors (Lipinski definition) is 0. The van der Waals surface area contributed by atoms with Gasteiger partial charge in [-0.3, -0.25) is 4.79 Å². The van der Waals surface area contributed by atoms with Crippen LogP contribution in [0.2, 0.25) is 0 Å². The van der Waals surface area contributed by atoms with Crippen LogP contribution in [-0.4, -0.2) is 51.8 Å². The molecule has 1 aliphatic rings. The first-order chi connectivity index (χ1) is 10.4. The Morgan fingerprint density at radius 3 is 2.36 bits per heavy atom. The topological polar surface area (TPSA) is 63.7 Å². The number of carbonyl (C=O) groups is 1. The molecule has 2 rings (SSSR count). The van der Waals surface area contributed by atoms with E-state index in [1.54, 1.807) is 12.1 Å². The van der Waals surface area contributed by atoms with Crippen LogP contribution >= 0.6 is 0 Å². The highest BCUT2D eigenvalue weighted by molar-refractivity contribution is 7.91. The quantitative estimate of drug-likeness (QED) is 0.830. The third kappa shape index (κ3) is 4.08. The van der Waals surface area contributed by atoms with E-state index in [4.69, 9.17) is 4.74 Å². The summed E-state index contributed by atoms with van der Waals surface area (Å²) in [5, 5.41) is 0. The highest BCUT2D eigenvalue weighted by Gasteiger charge is 2.22. The molecule has 5 nitrogen and oxygen atoms in total. The first-order valence-electron chi connectivity index (χ1n) is 7.55. The number of nitrogens with zero attached hydrogens (tertiary/aromatic N) is 1. The van der Waals surface area contributed by atoms with E-state index in [0.717, 1.165) is 25.9 Å². The normalized spacial score (nSPS) is 16.7. The van der Waals surface area contributed by atoms with Crippen LogP contribution in [0.4, 0.5) is 0 Å². The Labute approximate surface area is 132 Å². The van der Waals surface area contributed by atoms with Gasteiger partial charge in [0, 0.05) is 25.8 Å². The van der Waals surface area contributed by atoms with Gasteiger partial charge in [0.2, 0.25) is 0 Å². The summed E-state index contributed by atoms with van der Waals surface area (Å²) in [6.45, 7) is 3.90. The summed E-state index contributed by atoms with van der Waals surface area (Å²) < 4.78 is 28.9. The third-order valence-corrected chi connectivity index (χ3v) is 5.78. The second-order valence-electron chi connectivity index (χ2n) is 5.81. The Morgan fingerprint density at radius 2 is 1.82 bits per heavy atom. The number of amides is 1. The van der Waals surface area contributed by atoms with E-state index >= 15 is 0 Å². The highest BCUT2D eigenvalue weighted by atomic mass is 32.2. The minimum atomic E-state index is -3.35. The summed E-state index contributed by atoms with van der Waals surface area (Å²) in [5.41, 5.74) is 0.542. The molecule has 0 spiro atoms. The van der Waals surface area contributed by atoms with Crippen LogP contribution < -0.4 is 0 Å². The van der Waals surface area contributed by atoms with Gasteiger partial charge in [-0.2, -0.15) is 0 Å². The Hall–Kier alpha value is -1.40. The summed E-state index contributed by atoms with van der Waals surface area (Å²) in [5.74, 6) is 0.589. The van der Waals surface area contributed by atoms with Crippen LogP contribution in [0.3, 0.4) is 0 Å². The molecule has 1 fully saturated rings. The van der Waals surface area contributed by atoms with Crippen molar-refractivity contribution in [1.82, 2.24) is 4.90 Å². The lowest BCUT2D eigenvalue weighted by Gasteiger charge is -2.30. The Kier molecular flexibility index (Phi) is 5.58. The van der Waals surface area contributed by atoms with Gasteiger partial charge in [0.1, 0.15) is 0 Å². The lowest BCUT2D eigenvalue weighted by atomic mass is 9.98. The molecule has 1 amide bonds. The van der Waals surface area contributed by atoms with Gasteiger partial charge in [0.15, 0.2) is 9.84 Å². The number of piperidine rings is 1. The maximum atomic E-state index is 12.4. The number of benzene rings is 1. The zero-order valence-corrected chi connectivity index (χ0v) is 13.9. The fourth-order valence-electron chi connectivity index (χ4n) is 2.51. The van der Waals surface area contributed by atoms with Gasteiger partial charge in [-0.1, -0.05) is 6.92 Å². The fourth-order valence-corrected chi connectivity index (χ4v) is 3.68. The lowest BCUT2D eigenvalue weighted by molar-refractivity contribution is 0.0697. The molecule has 0 saturated carbocycles. The zero-order valence-electron chi connectivity index (χ0n) is 13.1. The van der Waals surface area contributed by atoms with E-state index < -0.39 is 9.84 Å². The smallest absolute Gasteiger partial charge is 0.253 e. The molecule has 1 aromatic rings. The van der Waals surface area contributed by atoms with E-state index in [9.17, 15) is 13.2 Å². The molecule has 1 heterocycles. The van der Waals surface area contributed by atoms with Crippen molar-refractivity contribution in [1.29, 1.82) is 0 Å². The maximum absolute atomic E-state index is 12.4. The summed E-state index contributed by atoms with van der Waals surface area (Å²) >= 11 is 0. The van der Waals surface area contributed by atoms with E-state index in [0.29, 0.717) is 11.5 Å². The summed E-state index contributed by atoms with van der Waals surface area (Å²) in [4.78, 5) is 14.5. The average molecular weight is 325 g/mol. The van der Waals surface area contributed by atoms with Crippen molar-refractivity contribution in [3.63, 3.8) is 0 Å². The average Bonchev–Trinajstić information content (AvgIpc) is 2.53. The van der Waals surface area contributed by atoms with Crippen molar-refractivity contribution in [3.05, 3.63) is 29.8 Å². The molecule has 0 unspecified atom stereocenters. The molecule has 1 saturated heterocycles. The number of rotatable bonds is 5. The molecule has 6 heteroatoms. The fraction of sp³-hybridized carbons (Fsp3) is 0.562. The van der Waals surface area contributed by atoms with Crippen LogP contribution in [0.5, 0.6) is 0 Å². The Balaban J connectivity index is 2.07. The van der Waals surface area contributed by atoms with Crippen LogP contribution in [0.1, 0.15) is 30.1 Å². The number of methoxy groups -OCH3 is 1. The van der Waals surface area contributed by atoms with Gasteiger partial charge >= 0.3 is 0 Å². The lowest BCUT2D eigenvalue weighted by Crippen LogP contribution is -2.37. The molecule has 22 heavy (non-hydrogen) atoms. The van der Waals surface area contributed by atoms with Gasteiger partial charge < -0.3 is 9.64 Å². The van der Waals surface area contributed by atoms with Gasteiger partial charge in [-0.15, -0.1) is 0 Å². The molecule has 1 aliphatic heterocycles. The molecule has 0 atom stereocenters. The van der Waals surface area contributed by atoms with Crippen LogP contribution in [0.25, 0.3) is 0 Å².